The summed E-state index contributed by atoms with van der Waals surface area (Å²) in [4.78, 5) is 4.56. The van der Waals surface area contributed by atoms with Gasteiger partial charge in [-0.1, -0.05) is 18.2 Å². The largest absolute Gasteiger partial charge is 0.385 e. The normalized spacial score (nSPS) is 10.7. The number of rotatable bonds is 10. The summed E-state index contributed by atoms with van der Waals surface area (Å²) in [7, 11) is 1.72. The van der Waals surface area contributed by atoms with E-state index in [1.54, 1.807) is 7.11 Å². The van der Waals surface area contributed by atoms with Gasteiger partial charge >= 0.3 is 0 Å². The van der Waals surface area contributed by atoms with Crippen molar-refractivity contribution in [1.82, 2.24) is 10.6 Å². The van der Waals surface area contributed by atoms with Crippen molar-refractivity contribution in [2.45, 2.75) is 19.8 Å². The van der Waals surface area contributed by atoms with Gasteiger partial charge in [0.05, 0.1) is 0 Å². The molecule has 0 fully saturated rings. The SMILES string of the molecule is CCNC(=NCCCNc1ccccc1)NCCCOC.I. The van der Waals surface area contributed by atoms with Crippen LogP contribution in [0, 0.1) is 0 Å². The van der Waals surface area contributed by atoms with Gasteiger partial charge in [-0.15, -0.1) is 24.0 Å². The number of nitrogens with one attached hydrogen (secondary N) is 3. The molecule has 3 N–H and O–H groups in total. The van der Waals surface area contributed by atoms with E-state index in [-0.39, 0.29) is 24.0 Å². The molecule has 0 spiro atoms. The monoisotopic (exact) mass is 420 g/mol. The number of benzene rings is 1. The smallest absolute Gasteiger partial charge is 0.191 e. The maximum atomic E-state index is 5.03. The molecule has 0 amide bonds. The zero-order valence-electron chi connectivity index (χ0n) is 13.6. The third kappa shape index (κ3) is 10.7. The Morgan fingerprint density at radius 3 is 2.55 bits per heavy atom. The average molecular weight is 420 g/mol. The van der Waals surface area contributed by atoms with Crippen molar-refractivity contribution in [2.75, 3.05) is 45.2 Å². The fourth-order valence-corrected chi connectivity index (χ4v) is 1.82. The molecule has 0 aromatic heterocycles. The van der Waals surface area contributed by atoms with Crippen molar-refractivity contribution in [2.24, 2.45) is 4.99 Å². The van der Waals surface area contributed by atoms with Crippen LogP contribution >= 0.6 is 24.0 Å². The summed E-state index contributed by atoms with van der Waals surface area (Å²) in [6, 6.07) is 10.2. The zero-order valence-corrected chi connectivity index (χ0v) is 15.9. The average Bonchev–Trinajstić information content (AvgIpc) is 2.52. The first kappa shape index (κ1) is 21.0. The van der Waals surface area contributed by atoms with Gasteiger partial charge in [0.15, 0.2) is 5.96 Å². The van der Waals surface area contributed by atoms with E-state index in [9.17, 15) is 0 Å². The maximum absolute atomic E-state index is 5.03. The third-order valence-corrected chi connectivity index (χ3v) is 2.87. The summed E-state index contributed by atoms with van der Waals surface area (Å²) in [5.74, 6) is 0.883. The standard InChI is InChI=1S/C16H28N4O.HI/c1-3-17-16(20-13-8-14-21-2)19-12-7-11-18-15-9-5-4-6-10-15;/h4-6,9-10,18H,3,7-8,11-14H2,1-2H3,(H2,17,19,20);1H. The minimum Gasteiger partial charge on any atom is -0.385 e. The van der Waals surface area contributed by atoms with Gasteiger partial charge in [0.2, 0.25) is 0 Å². The number of hydrogen-bond donors (Lipinski definition) is 3. The molecular weight excluding hydrogens is 391 g/mol. The van der Waals surface area contributed by atoms with Crippen molar-refractivity contribution < 1.29 is 4.74 Å². The van der Waals surface area contributed by atoms with Crippen molar-refractivity contribution in [3.63, 3.8) is 0 Å². The fraction of sp³-hybridized carbons (Fsp3) is 0.562. The number of methoxy groups -OCH3 is 1. The highest BCUT2D eigenvalue weighted by atomic mass is 127. The number of anilines is 1. The molecule has 0 aliphatic carbocycles. The topological polar surface area (TPSA) is 57.7 Å². The number of ether oxygens (including phenoxy) is 1. The molecule has 1 aromatic carbocycles. The summed E-state index contributed by atoms with van der Waals surface area (Å²) in [5.41, 5.74) is 1.16. The molecule has 0 radical (unpaired) electrons. The number of para-hydroxylation sites is 1. The lowest BCUT2D eigenvalue weighted by molar-refractivity contribution is 0.195. The Kier molecular flexibility index (Phi) is 14.2. The summed E-state index contributed by atoms with van der Waals surface area (Å²) in [6.07, 6.45) is 1.99. The second-order valence-corrected chi connectivity index (χ2v) is 4.68. The minimum absolute atomic E-state index is 0. The number of halogens is 1. The van der Waals surface area contributed by atoms with Gasteiger partial charge in [-0.25, -0.2) is 0 Å². The van der Waals surface area contributed by atoms with Crippen LogP contribution in [0.2, 0.25) is 0 Å². The molecule has 5 nitrogen and oxygen atoms in total. The Hall–Kier alpha value is -1.02. The van der Waals surface area contributed by atoms with Crippen LogP contribution in [0.25, 0.3) is 0 Å². The lowest BCUT2D eigenvalue weighted by Gasteiger charge is -2.11. The first-order chi connectivity index (χ1) is 10.4. The van der Waals surface area contributed by atoms with Gasteiger partial charge in [-0.3, -0.25) is 4.99 Å². The summed E-state index contributed by atoms with van der Waals surface area (Å²) in [6.45, 7) is 6.33. The quantitative estimate of drug-likeness (QED) is 0.236. The third-order valence-electron chi connectivity index (χ3n) is 2.87. The molecule has 22 heavy (non-hydrogen) atoms. The highest BCUT2D eigenvalue weighted by molar-refractivity contribution is 14.0. The molecule has 0 aliphatic rings. The van der Waals surface area contributed by atoms with Crippen LogP contribution in [0.3, 0.4) is 0 Å². The first-order valence-corrected chi connectivity index (χ1v) is 7.67. The van der Waals surface area contributed by atoms with E-state index in [0.717, 1.165) is 57.3 Å². The molecule has 126 valence electrons. The molecule has 6 heteroatoms. The van der Waals surface area contributed by atoms with Crippen LogP contribution < -0.4 is 16.0 Å². The molecule has 0 saturated carbocycles. The number of hydrogen-bond acceptors (Lipinski definition) is 3. The van der Waals surface area contributed by atoms with Crippen LogP contribution in [0.5, 0.6) is 0 Å². The van der Waals surface area contributed by atoms with Gasteiger partial charge in [0.1, 0.15) is 0 Å². The fourth-order valence-electron chi connectivity index (χ4n) is 1.82. The maximum Gasteiger partial charge on any atom is 0.191 e. The van der Waals surface area contributed by atoms with Gasteiger partial charge in [0, 0.05) is 45.6 Å². The molecule has 1 rings (SSSR count). The Morgan fingerprint density at radius 1 is 1.09 bits per heavy atom. The van der Waals surface area contributed by atoms with Crippen molar-refractivity contribution in [3.05, 3.63) is 30.3 Å². The second kappa shape index (κ2) is 14.9. The first-order valence-electron chi connectivity index (χ1n) is 7.67. The van der Waals surface area contributed by atoms with Gasteiger partial charge in [-0.05, 0) is 31.9 Å². The van der Waals surface area contributed by atoms with E-state index < -0.39 is 0 Å². The van der Waals surface area contributed by atoms with Crippen LogP contribution in [-0.4, -0.2) is 45.9 Å². The predicted octanol–water partition coefficient (Wildman–Crippen LogP) is 2.70. The van der Waals surface area contributed by atoms with Crippen LogP contribution in [-0.2, 0) is 4.74 Å². The van der Waals surface area contributed by atoms with E-state index in [4.69, 9.17) is 4.74 Å². The minimum atomic E-state index is 0. The Balaban J connectivity index is 0.00000441. The Bertz CT molecular complexity index is 387. The van der Waals surface area contributed by atoms with Gasteiger partial charge in [0.25, 0.3) is 0 Å². The molecule has 0 aliphatic heterocycles. The highest BCUT2D eigenvalue weighted by Gasteiger charge is 1.96. The molecule has 0 heterocycles. The molecule has 0 atom stereocenters. The molecule has 0 bridgehead atoms. The van der Waals surface area contributed by atoms with Gasteiger partial charge < -0.3 is 20.7 Å². The summed E-state index contributed by atoms with van der Waals surface area (Å²) >= 11 is 0. The zero-order chi connectivity index (χ0) is 15.2. The number of nitrogens with zero attached hydrogens (tertiary/aromatic N) is 1. The van der Waals surface area contributed by atoms with Crippen molar-refractivity contribution in [1.29, 1.82) is 0 Å². The summed E-state index contributed by atoms with van der Waals surface area (Å²) in [5, 5.41) is 9.93. The molecule has 0 unspecified atom stereocenters. The van der Waals surface area contributed by atoms with Crippen molar-refractivity contribution >= 4 is 35.6 Å². The highest BCUT2D eigenvalue weighted by Crippen LogP contribution is 2.04. The van der Waals surface area contributed by atoms with E-state index in [1.165, 1.54) is 0 Å². The van der Waals surface area contributed by atoms with E-state index >= 15 is 0 Å². The lowest BCUT2D eigenvalue weighted by Crippen LogP contribution is -2.38. The molecule has 1 aromatic rings. The second-order valence-electron chi connectivity index (χ2n) is 4.68. The summed E-state index contributed by atoms with van der Waals surface area (Å²) < 4.78 is 5.03. The molecular formula is C16H29IN4O. The lowest BCUT2D eigenvalue weighted by atomic mass is 10.3. The van der Waals surface area contributed by atoms with E-state index in [2.05, 4.69) is 40.0 Å². The van der Waals surface area contributed by atoms with E-state index in [0.29, 0.717) is 0 Å². The van der Waals surface area contributed by atoms with Crippen LogP contribution in [0.4, 0.5) is 5.69 Å². The van der Waals surface area contributed by atoms with E-state index in [1.807, 2.05) is 18.2 Å². The number of guanidine groups is 1. The Morgan fingerprint density at radius 2 is 1.86 bits per heavy atom. The van der Waals surface area contributed by atoms with Gasteiger partial charge in [-0.2, -0.15) is 0 Å². The van der Waals surface area contributed by atoms with Crippen molar-refractivity contribution in [3.8, 4) is 0 Å². The molecule has 0 saturated heterocycles. The number of aliphatic imine (C=N–C) groups is 1. The Labute approximate surface area is 151 Å². The van der Waals surface area contributed by atoms with Crippen LogP contribution in [0.15, 0.2) is 35.3 Å². The van der Waals surface area contributed by atoms with Crippen LogP contribution in [0.1, 0.15) is 19.8 Å². The predicted molar refractivity (Wildman–Crippen MR) is 105 cm³/mol.